The molecule has 0 aliphatic carbocycles. The summed E-state index contributed by atoms with van der Waals surface area (Å²) in [4.78, 5) is 24.5. The molecule has 0 aromatic heterocycles. The van der Waals surface area contributed by atoms with Gasteiger partial charge in [0.25, 0.3) is 0 Å². The highest BCUT2D eigenvalue weighted by Gasteiger charge is 2.32. The Hall–Kier alpha value is -1.93. The van der Waals surface area contributed by atoms with Gasteiger partial charge in [0.15, 0.2) is 0 Å². The zero-order valence-electron chi connectivity index (χ0n) is 12.6. The summed E-state index contributed by atoms with van der Waals surface area (Å²) < 4.78 is 32.3. The van der Waals surface area contributed by atoms with E-state index in [4.69, 9.17) is 4.74 Å². The Morgan fingerprint density at radius 2 is 1.77 bits per heavy atom. The first-order valence-electron chi connectivity index (χ1n) is 6.82. The van der Waals surface area contributed by atoms with Crippen LogP contribution in [-0.2, 0) is 19.6 Å². The minimum atomic E-state index is -3.81. The highest BCUT2D eigenvalue weighted by Crippen LogP contribution is 2.31. The Balaban J connectivity index is 2.52. The summed E-state index contributed by atoms with van der Waals surface area (Å²) in [7, 11) is -2.46. The molecule has 0 atom stereocenters. The Morgan fingerprint density at radius 3 is 2.27 bits per heavy atom. The van der Waals surface area contributed by atoms with Gasteiger partial charge in [0.05, 0.1) is 12.8 Å². The van der Waals surface area contributed by atoms with Crippen LogP contribution in [0.5, 0.6) is 5.75 Å². The molecule has 0 bridgehead atoms. The predicted molar refractivity (Wildman–Crippen MR) is 80.2 cm³/mol. The van der Waals surface area contributed by atoms with Gasteiger partial charge in [0.2, 0.25) is 21.8 Å². The normalized spacial score (nSPS) is 15.7. The van der Waals surface area contributed by atoms with Gasteiger partial charge in [-0.3, -0.25) is 14.5 Å². The van der Waals surface area contributed by atoms with E-state index in [0.29, 0.717) is 0 Å². The SMILES string of the molecule is COc1ccc(N2C(=O)CCC2=O)cc1S(=O)(=O)NC(C)C. The fourth-order valence-corrected chi connectivity index (χ4v) is 3.69. The maximum atomic E-state index is 12.4. The van der Waals surface area contributed by atoms with Gasteiger partial charge >= 0.3 is 0 Å². The Labute approximate surface area is 129 Å². The highest BCUT2D eigenvalue weighted by atomic mass is 32.2. The van der Waals surface area contributed by atoms with Crippen molar-refractivity contribution < 1.29 is 22.7 Å². The first kappa shape index (κ1) is 16.4. The van der Waals surface area contributed by atoms with Crippen LogP contribution in [0.25, 0.3) is 0 Å². The van der Waals surface area contributed by atoms with Crippen LogP contribution in [0.4, 0.5) is 5.69 Å². The Bertz CT molecular complexity index is 696. The van der Waals surface area contributed by atoms with E-state index in [1.807, 2.05) is 0 Å². The van der Waals surface area contributed by atoms with Crippen LogP contribution in [0.2, 0.25) is 0 Å². The number of methoxy groups -OCH3 is 1. The topological polar surface area (TPSA) is 92.8 Å². The average Bonchev–Trinajstić information content (AvgIpc) is 2.76. The second kappa shape index (κ2) is 6.05. The van der Waals surface area contributed by atoms with Crippen molar-refractivity contribution in [3.8, 4) is 5.75 Å². The third kappa shape index (κ3) is 3.12. The van der Waals surface area contributed by atoms with Crippen molar-refractivity contribution >= 4 is 27.5 Å². The number of imide groups is 1. The quantitative estimate of drug-likeness (QED) is 0.816. The minimum Gasteiger partial charge on any atom is -0.495 e. The van der Waals surface area contributed by atoms with Gasteiger partial charge in [0.1, 0.15) is 10.6 Å². The Morgan fingerprint density at radius 1 is 1.18 bits per heavy atom. The van der Waals surface area contributed by atoms with Crippen molar-refractivity contribution in [1.82, 2.24) is 4.72 Å². The van der Waals surface area contributed by atoms with Crippen LogP contribution in [0.3, 0.4) is 0 Å². The van der Waals surface area contributed by atoms with Crippen molar-refractivity contribution in [3.05, 3.63) is 18.2 Å². The van der Waals surface area contributed by atoms with E-state index >= 15 is 0 Å². The first-order valence-corrected chi connectivity index (χ1v) is 8.30. The van der Waals surface area contributed by atoms with Crippen molar-refractivity contribution in [2.75, 3.05) is 12.0 Å². The standard InChI is InChI=1S/C14H18N2O5S/c1-9(2)15-22(19,20)12-8-10(4-5-11(12)21-3)16-13(17)6-7-14(16)18/h4-5,8-9,15H,6-7H2,1-3H3. The number of ether oxygens (including phenoxy) is 1. The number of anilines is 1. The molecule has 0 radical (unpaired) electrons. The van der Waals surface area contributed by atoms with Crippen LogP contribution >= 0.6 is 0 Å². The van der Waals surface area contributed by atoms with Gasteiger partial charge < -0.3 is 4.74 Å². The lowest BCUT2D eigenvalue weighted by Gasteiger charge is -2.18. The van der Waals surface area contributed by atoms with Crippen LogP contribution in [0.15, 0.2) is 23.1 Å². The van der Waals surface area contributed by atoms with Crippen molar-refractivity contribution in [1.29, 1.82) is 0 Å². The van der Waals surface area contributed by atoms with E-state index in [9.17, 15) is 18.0 Å². The lowest BCUT2D eigenvalue weighted by Crippen LogP contribution is -2.32. The number of benzene rings is 1. The molecule has 120 valence electrons. The van der Waals surface area contributed by atoms with Gasteiger partial charge in [-0.2, -0.15) is 0 Å². The first-order chi connectivity index (χ1) is 10.3. The summed E-state index contributed by atoms with van der Waals surface area (Å²) in [5.41, 5.74) is 0.234. The lowest BCUT2D eigenvalue weighted by atomic mass is 10.2. The smallest absolute Gasteiger partial charge is 0.244 e. The number of hydrogen-bond donors (Lipinski definition) is 1. The molecule has 1 aliphatic heterocycles. The maximum Gasteiger partial charge on any atom is 0.244 e. The molecule has 8 heteroatoms. The molecule has 7 nitrogen and oxygen atoms in total. The minimum absolute atomic E-state index is 0.103. The monoisotopic (exact) mass is 326 g/mol. The molecule has 22 heavy (non-hydrogen) atoms. The molecular formula is C14H18N2O5S. The van der Waals surface area contributed by atoms with Crippen LogP contribution in [0.1, 0.15) is 26.7 Å². The van der Waals surface area contributed by atoms with Gasteiger partial charge in [-0.1, -0.05) is 0 Å². The molecule has 0 unspecified atom stereocenters. The largest absolute Gasteiger partial charge is 0.495 e. The number of nitrogens with one attached hydrogen (secondary N) is 1. The number of nitrogens with zero attached hydrogens (tertiary/aromatic N) is 1. The molecule has 1 saturated heterocycles. The zero-order valence-corrected chi connectivity index (χ0v) is 13.4. The summed E-state index contributed by atoms with van der Waals surface area (Å²) in [5.74, 6) is -0.526. The molecule has 1 heterocycles. The van der Waals surface area contributed by atoms with Crippen molar-refractivity contribution in [2.45, 2.75) is 37.6 Å². The fraction of sp³-hybridized carbons (Fsp3) is 0.429. The van der Waals surface area contributed by atoms with E-state index in [1.54, 1.807) is 13.8 Å². The fourth-order valence-electron chi connectivity index (χ4n) is 2.25. The number of carbonyl (C=O) groups is 2. The van der Waals surface area contributed by atoms with Crippen molar-refractivity contribution in [3.63, 3.8) is 0 Å². The number of rotatable bonds is 5. The van der Waals surface area contributed by atoms with Gasteiger partial charge in [-0.15, -0.1) is 0 Å². The number of hydrogen-bond acceptors (Lipinski definition) is 5. The molecule has 2 rings (SSSR count). The Kier molecular flexibility index (Phi) is 4.52. The van der Waals surface area contributed by atoms with Crippen molar-refractivity contribution in [2.24, 2.45) is 0 Å². The van der Waals surface area contributed by atoms with Crippen LogP contribution in [0, 0.1) is 0 Å². The summed E-state index contributed by atoms with van der Waals surface area (Å²) in [5, 5.41) is 0. The molecule has 1 aromatic rings. The molecule has 1 N–H and O–H groups in total. The average molecular weight is 326 g/mol. The number of amides is 2. The van der Waals surface area contributed by atoms with E-state index in [0.717, 1.165) is 4.90 Å². The van der Waals surface area contributed by atoms with Gasteiger partial charge in [0, 0.05) is 18.9 Å². The molecule has 0 saturated carbocycles. The summed E-state index contributed by atoms with van der Waals surface area (Å²) in [6, 6.07) is 3.91. The molecule has 1 aromatic carbocycles. The lowest BCUT2D eigenvalue weighted by molar-refractivity contribution is -0.121. The molecule has 2 amide bonds. The third-order valence-electron chi connectivity index (χ3n) is 3.14. The van der Waals surface area contributed by atoms with E-state index in [1.165, 1.54) is 25.3 Å². The second-order valence-corrected chi connectivity index (χ2v) is 6.92. The summed E-state index contributed by atoms with van der Waals surface area (Å²) >= 11 is 0. The van der Waals surface area contributed by atoms with Crippen LogP contribution < -0.4 is 14.4 Å². The zero-order chi connectivity index (χ0) is 16.5. The van der Waals surface area contributed by atoms with Gasteiger partial charge in [-0.25, -0.2) is 13.1 Å². The summed E-state index contributed by atoms with van der Waals surface area (Å²) in [6.07, 6.45) is 0.272. The summed E-state index contributed by atoms with van der Waals surface area (Å²) in [6.45, 7) is 3.39. The van der Waals surface area contributed by atoms with E-state index < -0.39 is 10.0 Å². The predicted octanol–water partition coefficient (Wildman–Crippen LogP) is 1.04. The van der Waals surface area contributed by atoms with E-state index in [-0.39, 0.29) is 47.0 Å². The third-order valence-corrected chi connectivity index (χ3v) is 4.82. The molecular weight excluding hydrogens is 308 g/mol. The number of carbonyl (C=O) groups excluding carboxylic acids is 2. The second-order valence-electron chi connectivity index (χ2n) is 5.23. The van der Waals surface area contributed by atoms with Crippen LogP contribution in [-0.4, -0.2) is 33.4 Å². The molecule has 0 spiro atoms. The number of sulfonamides is 1. The highest BCUT2D eigenvalue weighted by molar-refractivity contribution is 7.89. The molecule has 1 aliphatic rings. The maximum absolute atomic E-state index is 12.4. The molecule has 1 fully saturated rings. The van der Waals surface area contributed by atoms with Gasteiger partial charge in [-0.05, 0) is 32.0 Å². The van der Waals surface area contributed by atoms with E-state index in [2.05, 4.69) is 4.72 Å².